The minimum absolute atomic E-state index is 0.160. The normalized spacial score (nSPS) is 22.1. The summed E-state index contributed by atoms with van der Waals surface area (Å²) < 4.78 is 0. The van der Waals surface area contributed by atoms with Crippen molar-refractivity contribution in [3.05, 3.63) is 66.0 Å². The van der Waals surface area contributed by atoms with E-state index in [-0.39, 0.29) is 6.04 Å². The monoisotopic (exact) mass is 283 g/mol. The Kier molecular flexibility index (Phi) is 3.85. The average Bonchev–Trinajstić information content (AvgIpc) is 2.94. The van der Waals surface area contributed by atoms with Crippen LogP contribution < -0.4 is 0 Å². The SMILES string of the molecule is CN(C)C1SC(c2ccccn2)=NC1c1ccccc1. The van der Waals surface area contributed by atoms with E-state index >= 15 is 0 Å². The fourth-order valence-electron chi connectivity index (χ4n) is 2.29. The van der Waals surface area contributed by atoms with E-state index in [9.17, 15) is 0 Å². The van der Waals surface area contributed by atoms with Crippen molar-refractivity contribution in [1.29, 1.82) is 0 Å². The lowest BCUT2D eigenvalue weighted by atomic mass is 10.1. The molecule has 3 nitrogen and oxygen atoms in total. The molecule has 1 aromatic carbocycles. The Hall–Kier alpha value is -1.65. The van der Waals surface area contributed by atoms with Crippen LogP contribution in [0.4, 0.5) is 0 Å². The fraction of sp³-hybridized carbons (Fsp3) is 0.250. The second kappa shape index (κ2) is 5.77. The highest BCUT2D eigenvalue weighted by molar-refractivity contribution is 8.15. The number of likely N-dealkylation sites (N-methyl/N-ethyl adjacent to an activating group) is 1. The van der Waals surface area contributed by atoms with Gasteiger partial charge in [-0.05, 0) is 31.8 Å². The minimum atomic E-state index is 0.160. The minimum Gasteiger partial charge on any atom is -0.295 e. The van der Waals surface area contributed by atoms with Gasteiger partial charge in [0.15, 0.2) is 0 Å². The van der Waals surface area contributed by atoms with Crippen LogP contribution in [0.3, 0.4) is 0 Å². The molecule has 102 valence electrons. The van der Waals surface area contributed by atoms with Crippen LogP contribution in [0, 0.1) is 0 Å². The van der Waals surface area contributed by atoms with Crippen molar-refractivity contribution in [3.8, 4) is 0 Å². The molecule has 1 aliphatic rings. The molecule has 2 aromatic rings. The number of hydrogen-bond donors (Lipinski definition) is 0. The molecular formula is C16H17N3S. The predicted octanol–water partition coefficient (Wildman–Crippen LogP) is 3.20. The zero-order chi connectivity index (χ0) is 13.9. The molecule has 0 spiro atoms. The van der Waals surface area contributed by atoms with E-state index in [0.717, 1.165) is 10.7 Å². The third kappa shape index (κ3) is 2.62. The zero-order valence-corrected chi connectivity index (χ0v) is 12.4. The number of nitrogens with zero attached hydrogens (tertiary/aromatic N) is 3. The Balaban J connectivity index is 1.96. The van der Waals surface area contributed by atoms with Gasteiger partial charge in [-0.15, -0.1) is 0 Å². The quantitative estimate of drug-likeness (QED) is 0.866. The van der Waals surface area contributed by atoms with Crippen LogP contribution in [0.1, 0.15) is 17.3 Å². The molecule has 2 unspecified atom stereocenters. The topological polar surface area (TPSA) is 28.5 Å². The molecule has 4 heteroatoms. The van der Waals surface area contributed by atoms with Crippen molar-refractivity contribution in [2.75, 3.05) is 14.1 Å². The maximum Gasteiger partial charge on any atom is 0.119 e. The zero-order valence-electron chi connectivity index (χ0n) is 11.6. The maximum atomic E-state index is 4.91. The standard InChI is InChI=1S/C16H17N3S/c1-19(2)16-14(12-8-4-3-5-9-12)18-15(20-16)13-10-6-7-11-17-13/h3-11,14,16H,1-2H3. The lowest BCUT2D eigenvalue weighted by molar-refractivity contribution is 0.349. The van der Waals surface area contributed by atoms with Gasteiger partial charge in [-0.1, -0.05) is 48.2 Å². The summed E-state index contributed by atoms with van der Waals surface area (Å²) in [6, 6.07) is 16.6. The number of aromatic nitrogens is 1. The molecule has 3 rings (SSSR count). The van der Waals surface area contributed by atoms with E-state index in [2.05, 4.69) is 48.2 Å². The molecule has 1 aromatic heterocycles. The van der Waals surface area contributed by atoms with Gasteiger partial charge in [0, 0.05) is 6.20 Å². The molecule has 1 aliphatic heterocycles. The Morgan fingerprint density at radius 2 is 1.75 bits per heavy atom. The lowest BCUT2D eigenvalue weighted by Gasteiger charge is -2.24. The van der Waals surface area contributed by atoms with Crippen molar-refractivity contribution in [1.82, 2.24) is 9.88 Å². The van der Waals surface area contributed by atoms with Gasteiger partial charge in [0.2, 0.25) is 0 Å². The van der Waals surface area contributed by atoms with Gasteiger partial charge in [0.05, 0.1) is 11.1 Å². The van der Waals surface area contributed by atoms with Gasteiger partial charge < -0.3 is 0 Å². The summed E-state index contributed by atoms with van der Waals surface area (Å²) in [5, 5.41) is 1.34. The molecule has 0 bridgehead atoms. The summed E-state index contributed by atoms with van der Waals surface area (Å²) in [6.07, 6.45) is 1.82. The van der Waals surface area contributed by atoms with E-state index in [4.69, 9.17) is 4.99 Å². The Labute approximate surface area is 123 Å². The molecular weight excluding hydrogens is 266 g/mol. The predicted molar refractivity (Wildman–Crippen MR) is 85.0 cm³/mol. The van der Waals surface area contributed by atoms with Crippen LogP contribution >= 0.6 is 11.8 Å². The van der Waals surface area contributed by atoms with Crippen molar-refractivity contribution in [2.24, 2.45) is 4.99 Å². The van der Waals surface area contributed by atoms with Gasteiger partial charge >= 0.3 is 0 Å². The summed E-state index contributed by atoms with van der Waals surface area (Å²) >= 11 is 1.79. The molecule has 0 radical (unpaired) electrons. The molecule has 0 fully saturated rings. The van der Waals surface area contributed by atoms with E-state index in [1.165, 1.54) is 5.56 Å². The summed E-state index contributed by atoms with van der Waals surface area (Å²) in [4.78, 5) is 11.5. The maximum absolute atomic E-state index is 4.91. The number of benzene rings is 1. The molecule has 0 aliphatic carbocycles. The Morgan fingerprint density at radius 1 is 1.00 bits per heavy atom. The van der Waals surface area contributed by atoms with Gasteiger partial charge in [-0.3, -0.25) is 14.9 Å². The number of thioether (sulfide) groups is 1. The van der Waals surface area contributed by atoms with E-state index in [0.29, 0.717) is 5.37 Å². The Bertz CT molecular complexity index is 596. The second-order valence-electron chi connectivity index (χ2n) is 4.98. The second-order valence-corrected chi connectivity index (χ2v) is 6.08. The van der Waals surface area contributed by atoms with Crippen LogP contribution in [-0.4, -0.2) is 34.4 Å². The van der Waals surface area contributed by atoms with Gasteiger partial charge in [-0.2, -0.15) is 0 Å². The smallest absolute Gasteiger partial charge is 0.119 e. The highest BCUT2D eigenvalue weighted by atomic mass is 32.2. The fourth-order valence-corrected chi connectivity index (χ4v) is 3.49. The summed E-state index contributed by atoms with van der Waals surface area (Å²) in [7, 11) is 4.20. The van der Waals surface area contributed by atoms with Crippen LogP contribution in [0.25, 0.3) is 0 Å². The highest BCUT2D eigenvalue weighted by Gasteiger charge is 2.33. The summed E-state index contributed by atoms with van der Waals surface area (Å²) in [5.74, 6) is 0. The molecule has 0 amide bonds. The van der Waals surface area contributed by atoms with Crippen molar-refractivity contribution < 1.29 is 0 Å². The van der Waals surface area contributed by atoms with E-state index in [1.54, 1.807) is 11.8 Å². The first kappa shape index (κ1) is 13.3. The highest BCUT2D eigenvalue weighted by Crippen LogP contribution is 2.40. The van der Waals surface area contributed by atoms with Crippen LogP contribution in [0.5, 0.6) is 0 Å². The first-order valence-electron chi connectivity index (χ1n) is 6.63. The number of rotatable bonds is 3. The molecule has 2 atom stereocenters. The van der Waals surface area contributed by atoms with Gasteiger partial charge in [0.25, 0.3) is 0 Å². The van der Waals surface area contributed by atoms with E-state index in [1.807, 2.05) is 30.5 Å². The first-order chi connectivity index (χ1) is 9.75. The third-order valence-corrected chi connectivity index (χ3v) is 4.75. The van der Waals surface area contributed by atoms with Crippen molar-refractivity contribution in [2.45, 2.75) is 11.4 Å². The van der Waals surface area contributed by atoms with Crippen LogP contribution in [0.2, 0.25) is 0 Å². The molecule has 2 heterocycles. The molecule has 0 saturated carbocycles. The third-order valence-electron chi connectivity index (χ3n) is 3.29. The number of hydrogen-bond acceptors (Lipinski definition) is 4. The van der Waals surface area contributed by atoms with Crippen molar-refractivity contribution >= 4 is 16.8 Å². The van der Waals surface area contributed by atoms with Crippen LogP contribution in [0.15, 0.2) is 59.7 Å². The Morgan fingerprint density at radius 3 is 2.40 bits per heavy atom. The van der Waals surface area contributed by atoms with Crippen LogP contribution in [-0.2, 0) is 0 Å². The summed E-state index contributed by atoms with van der Waals surface area (Å²) in [6.45, 7) is 0. The molecule has 0 saturated heterocycles. The first-order valence-corrected chi connectivity index (χ1v) is 7.51. The number of pyridine rings is 1. The van der Waals surface area contributed by atoms with E-state index < -0.39 is 0 Å². The number of aliphatic imine (C=N–C) groups is 1. The average molecular weight is 283 g/mol. The largest absolute Gasteiger partial charge is 0.295 e. The summed E-state index contributed by atoms with van der Waals surface area (Å²) in [5.41, 5.74) is 2.22. The van der Waals surface area contributed by atoms with Gasteiger partial charge in [0.1, 0.15) is 11.1 Å². The lowest BCUT2D eigenvalue weighted by Crippen LogP contribution is -2.28. The molecule has 20 heavy (non-hydrogen) atoms. The molecule has 0 N–H and O–H groups in total. The van der Waals surface area contributed by atoms with Crippen molar-refractivity contribution in [3.63, 3.8) is 0 Å². The van der Waals surface area contributed by atoms with Gasteiger partial charge in [-0.25, -0.2) is 0 Å².